The van der Waals surface area contributed by atoms with Gasteiger partial charge in [0, 0.05) is 19.1 Å². The first-order valence-electron chi connectivity index (χ1n) is 14.3. The van der Waals surface area contributed by atoms with Crippen LogP contribution in [0.5, 0.6) is 0 Å². The summed E-state index contributed by atoms with van der Waals surface area (Å²) in [5.41, 5.74) is 15.4. The van der Waals surface area contributed by atoms with E-state index < -0.39 is 85.1 Å². The molecular formula is C25H47FN8O8. The average Bonchev–Trinajstić information content (AvgIpc) is 2.92. The van der Waals surface area contributed by atoms with Gasteiger partial charge in [0.15, 0.2) is 12.6 Å². The molecule has 1 saturated carbocycles. The van der Waals surface area contributed by atoms with Crippen molar-refractivity contribution in [2.45, 2.75) is 105 Å². The zero-order valence-electron chi connectivity index (χ0n) is 24.0. The minimum atomic E-state index is -1.42. The zero-order chi connectivity index (χ0) is 30.8. The lowest BCUT2D eigenvalue weighted by molar-refractivity contribution is -0.307. The van der Waals surface area contributed by atoms with Gasteiger partial charge in [-0.1, -0.05) is 0 Å². The van der Waals surface area contributed by atoms with Crippen LogP contribution >= 0.6 is 0 Å². The van der Waals surface area contributed by atoms with E-state index in [0.717, 1.165) is 0 Å². The molecule has 14 N–H and O–H groups in total. The lowest BCUT2D eigenvalue weighted by atomic mass is 9.82. The molecule has 0 aromatic rings. The number of ether oxygens (including phenoxy) is 4. The average molecular weight is 607 g/mol. The standard InChI is InChI=1S/C25H47FN8O8/c1-24(37)10-39-22(17(36)20(24)31-2)42-19-14(34-23(30)25(38)8-32-9-25)5-13(28)18(16(19)35)41-21-12(27)4-3-11(40-21)7-33-15(29)6-26/h11-14,16-22,31-32,35-38H,3-10,27-28H2,1-2H3,(H2,29,33)(H2,30,34)/t11-,12?,13-,14+,16?,17?,18?,19?,20+,21+,22+,24?/m0/s1. The zero-order valence-corrected chi connectivity index (χ0v) is 24.0. The molecule has 4 aliphatic rings. The van der Waals surface area contributed by atoms with Crippen molar-refractivity contribution < 1.29 is 43.8 Å². The minimum absolute atomic E-state index is 0.118. The van der Waals surface area contributed by atoms with Crippen LogP contribution in [0, 0.1) is 5.41 Å². The molecule has 0 aromatic heterocycles. The van der Waals surface area contributed by atoms with Crippen molar-refractivity contribution in [3.63, 3.8) is 0 Å². The van der Waals surface area contributed by atoms with Crippen molar-refractivity contribution in [2.24, 2.45) is 22.2 Å². The third-order valence-corrected chi connectivity index (χ3v) is 8.50. The predicted molar refractivity (Wildman–Crippen MR) is 148 cm³/mol. The van der Waals surface area contributed by atoms with Crippen molar-refractivity contribution in [1.29, 1.82) is 5.41 Å². The third-order valence-electron chi connectivity index (χ3n) is 8.50. The van der Waals surface area contributed by atoms with E-state index in [-0.39, 0.29) is 44.3 Å². The number of amidine groups is 2. The number of likely N-dealkylation sites (N-methyl/N-ethyl adjacent to an activating group) is 1. The fourth-order valence-electron chi connectivity index (χ4n) is 5.87. The van der Waals surface area contributed by atoms with Crippen LogP contribution in [0.2, 0.25) is 0 Å². The van der Waals surface area contributed by atoms with Crippen LogP contribution in [0.15, 0.2) is 4.99 Å². The summed E-state index contributed by atoms with van der Waals surface area (Å²) >= 11 is 0. The molecule has 6 unspecified atom stereocenters. The van der Waals surface area contributed by atoms with Crippen LogP contribution < -0.4 is 33.2 Å². The maximum Gasteiger partial charge on any atom is 0.185 e. The summed E-state index contributed by atoms with van der Waals surface area (Å²) in [6.45, 7) is 0.960. The Morgan fingerprint density at radius 3 is 2.43 bits per heavy atom. The second kappa shape index (κ2) is 13.6. The summed E-state index contributed by atoms with van der Waals surface area (Å²) in [5, 5.41) is 61.1. The summed E-state index contributed by atoms with van der Waals surface area (Å²) in [6, 6.07) is -2.92. The van der Waals surface area contributed by atoms with Crippen molar-refractivity contribution >= 4 is 11.7 Å². The third kappa shape index (κ3) is 7.19. The fraction of sp³-hybridized carbons (Fsp3) is 0.920. The number of nitrogens with zero attached hydrogens (tertiary/aromatic N) is 1. The first kappa shape index (κ1) is 33.3. The number of rotatable bonds is 10. The molecule has 42 heavy (non-hydrogen) atoms. The molecule has 1 aliphatic carbocycles. The molecule has 0 radical (unpaired) electrons. The Bertz CT molecular complexity index is 961. The van der Waals surface area contributed by atoms with Crippen LogP contribution in [0.3, 0.4) is 0 Å². The molecule has 0 bridgehead atoms. The van der Waals surface area contributed by atoms with Gasteiger partial charge in [0.2, 0.25) is 0 Å². The van der Waals surface area contributed by atoms with Crippen molar-refractivity contribution in [3.05, 3.63) is 0 Å². The van der Waals surface area contributed by atoms with Gasteiger partial charge in [-0.2, -0.15) is 0 Å². The van der Waals surface area contributed by atoms with E-state index in [1.807, 2.05) is 0 Å². The quantitative estimate of drug-likeness (QED) is 0.0825. The molecule has 3 saturated heterocycles. The van der Waals surface area contributed by atoms with E-state index >= 15 is 0 Å². The Balaban J connectivity index is 1.51. The second-order valence-electron chi connectivity index (χ2n) is 12.0. The van der Waals surface area contributed by atoms with Crippen LogP contribution in [0.4, 0.5) is 4.39 Å². The second-order valence-corrected chi connectivity index (χ2v) is 12.0. The Morgan fingerprint density at radius 2 is 1.81 bits per heavy atom. The van der Waals surface area contributed by atoms with Gasteiger partial charge in [-0.15, -0.1) is 0 Å². The number of nitrogens with two attached hydrogens (primary N) is 3. The monoisotopic (exact) mass is 606 g/mol. The normalized spacial score (nSPS) is 44.3. The van der Waals surface area contributed by atoms with Crippen LogP contribution in [-0.2, 0) is 18.9 Å². The lowest BCUT2D eigenvalue weighted by Crippen LogP contribution is -2.72. The van der Waals surface area contributed by atoms with Gasteiger partial charge >= 0.3 is 0 Å². The smallest absolute Gasteiger partial charge is 0.185 e. The van der Waals surface area contributed by atoms with Gasteiger partial charge in [-0.25, -0.2) is 4.39 Å². The number of β-amino-alcohol motifs (C(OH)–C–C–N with tert-alkyl or cyclic N) is 1. The summed E-state index contributed by atoms with van der Waals surface area (Å²) in [6.07, 6.45) is -6.41. The van der Waals surface area contributed by atoms with E-state index in [9.17, 15) is 24.8 Å². The number of aliphatic hydroxyl groups is 4. The highest BCUT2D eigenvalue weighted by molar-refractivity contribution is 5.89. The molecular weight excluding hydrogens is 559 g/mol. The molecule has 17 heteroatoms. The number of hydrogen-bond donors (Lipinski definition) is 11. The Kier molecular flexibility index (Phi) is 10.8. The Labute approximate surface area is 244 Å². The van der Waals surface area contributed by atoms with Gasteiger partial charge in [0.25, 0.3) is 0 Å². The molecule has 0 aromatic carbocycles. The first-order valence-corrected chi connectivity index (χ1v) is 14.3. The van der Waals surface area contributed by atoms with E-state index in [0.29, 0.717) is 12.8 Å². The molecule has 16 nitrogen and oxygen atoms in total. The number of aliphatic hydroxyl groups excluding tert-OH is 2. The Hall–Kier alpha value is -1.61. The van der Waals surface area contributed by atoms with Crippen LogP contribution in [0.1, 0.15) is 26.2 Å². The highest BCUT2D eigenvalue weighted by Crippen LogP contribution is 2.32. The first-order chi connectivity index (χ1) is 19.8. The number of aliphatic imine (C=N–C) groups is 1. The highest BCUT2D eigenvalue weighted by atomic mass is 19.1. The summed E-state index contributed by atoms with van der Waals surface area (Å²) < 4.78 is 36.6. The molecule has 12 atom stereocenters. The summed E-state index contributed by atoms with van der Waals surface area (Å²) in [7, 11) is 1.58. The fourth-order valence-corrected chi connectivity index (χ4v) is 5.87. The van der Waals surface area contributed by atoms with Crippen molar-refractivity contribution in [2.75, 3.05) is 40.0 Å². The molecule has 4 rings (SSSR count). The topological polar surface area (TPSA) is 268 Å². The number of nitrogens with one attached hydrogen (secondary N) is 4. The predicted octanol–water partition coefficient (Wildman–Crippen LogP) is -4.67. The molecule has 3 aliphatic heterocycles. The van der Waals surface area contributed by atoms with Crippen molar-refractivity contribution in [3.8, 4) is 0 Å². The minimum Gasteiger partial charge on any atom is -0.388 e. The SMILES string of the molecule is CN[C@@H]1C(O)[C@@H](OC2C(O)C(O[C@H]3O[C@H](CN=C(N)CF)CCC3N)[C@@H](N)C[C@H]2NC(=N)C2(O)CNC2)OCC1(C)O. The van der Waals surface area contributed by atoms with E-state index in [1.54, 1.807) is 7.05 Å². The highest BCUT2D eigenvalue weighted by Gasteiger charge is 2.52. The Morgan fingerprint density at radius 1 is 1.12 bits per heavy atom. The van der Waals surface area contributed by atoms with Gasteiger partial charge in [-0.05, 0) is 33.2 Å². The van der Waals surface area contributed by atoms with E-state index in [4.69, 9.17) is 41.6 Å². The molecule has 4 fully saturated rings. The number of halogens is 1. The van der Waals surface area contributed by atoms with E-state index in [2.05, 4.69) is 20.9 Å². The number of alkyl halides is 1. The van der Waals surface area contributed by atoms with Gasteiger partial charge in [0.1, 0.15) is 54.0 Å². The maximum atomic E-state index is 12.7. The maximum absolute atomic E-state index is 12.7. The van der Waals surface area contributed by atoms with Gasteiger partial charge in [0.05, 0.1) is 37.4 Å². The van der Waals surface area contributed by atoms with Crippen LogP contribution in [-0.4, -0.2) is 151 Å². The van der Waals surface area contributed by atoms with Crippen LogP contribution in [0.25, 0.3) is 0 Å². The molecule has 0 spiro atoms. The molecule has 0 amide bonds. The van der Waals surface area contributed by atoms with Gasteiger partial charge < -0.3 is 72.5 Å². The summed E-state index contributed by atoms with van der Waals surface area (Å²) in [4.78, 5) is 3.97. The lowest BCUT2D eigenvalue weighted by Gasteiger charge is -2.50. The largest absolute Gasteiger partial charge is 0.388 e. The molecule has 242 valence electrons. The van der Waals surface area contributed by atoms with Gasteiger partial charge in [-0.3, -0.25) is 10.4 Å². The number of hydrogen-bond acceptors (Lipinski definition) is 14. The summed E-state index contributed by atoms with van der Waals surface area (Å²) in [5.74, 6) is -0.315. The molecule has 3 heterocycles. The van der Waals surface area contributed by atoms with E-state index in [1.165, 1.54) is 6.92 Å². The van der Waals surface area contributed by atoms with Crippen molar-refractivity contribution in [1.82, 2.24) is 16.0 Å².